The van der Waals surface area contributed by atoms with Crippen molar-refractivity contribution in [2.75, 3.05) is 40.5 Å². The standard InChI is InChI=1S/C19H27NO4/c1-21-16-4-3-15(17(11-16)22-2)12-20-13-18(14-20)5-7-19(8-6-18)23-9-10-24-19/h3-4,11H,5-10,12-14H2,1-2H3. The molecule has 0 N–H and O–H groups in total. The van der Waals surface area contributed by atoms with Crippen molar-refractivity contribution in [3.63, 3.8) is 0 Å². The van der Waals surface area contributed by atoms with E-state index in [1.165, 1.54) is 18.4 Å². The molecular formula is C19H27NO4. The fourth-order valence-electron chi connectivity index (χ4n) is 4.50. The SMILES string of the molecule is COc1ccc(CN2CC3(CCC4(CC3)OCCO4)C2)c(OC)c1. The van der Waals surface area contributed by atoms with Gasteiger partial charge in [0.25, 0.3) is 0 Å². The number of benzene rings is 1. The molecule has 5 heteroatoms. The van der Waals surface area contributed by atoms with E-state index in [-0.39, 0.29) is 5.79 Å². The van der Waals surface area contributed by atoms with Crippen LogP contribution in [0.5, 0.6) is 11.5 Å². The Labute approximate surface area is 143 Å². The predicted octanol–water partition coefficient (Wildman–Crippen LogP) is 2.82. The molecule has 132 valence electrons. The molecule has 1 aromatic carbocycles. The van der Waals surface area contributed by atoms with Gasteiger partial charge in [-0.25, -0.2) is 0 Å². The highest BCUT2D eigenvalue weighted by Gasteiger charge is 2.51. The van der Waals surface area contributed by atoms with Crippen molar-refractivity contribution in [3.05, 3.63) is 23.8 Å². The molecule has 2 aliphatic heterocycles. The number of rotatable bonds is 4. The van der Waals surface area contributed by atoms with Gasteiger partial charge in [-0.05, 0) is 24.3 Å². The molecule has 0 amide bonds. The van der Waals surface area contributed by atoms with Gasteiger partial charge in [-0.1, -0.05) is 6.07 Å². The fourth-order valence-corrected chi connectivity index (χ4v) is 4.50. The lowest BCUT2D eigenvalue weighted by Crippen LogP contribution is -2.58. The van der Waals surface area contributed by atoms with E-state index in [1.54, 1.807) is 14.2 Å². The van der Waals surface area contributed by atoms with E-state index in [0.717, 1.165) is 57.2 Å². The van der Waals surface area contributed by atoms with Crippen molar-refractivity contribution in [2.45, 2.75) is 38.0 Å². The van der Waals surface area contributed by atoms with E-state index >= 15 is 0 Å². The van der Waals surface area contributed by atoms with Crippen LogP contribution in [0.25, 0.3) is 0 Å². The molecule has 0 atom stereocenters. The van der Waals surface area contributed by atoms with Crippen molar-refractivity contribution in [3.8, 4) is 11.5 Å². The molecule has 4 rings (SSSR count). The first-order chi connectivity index (χ1) is 11.7. The van der Waals surface area contributed by atoms with Crippen LogP contribution in [0.4, 0.5) is 0 Å². The van der Waals surface area contributed by atoms with E-state index in [1.807, 2.05) is 12.1 Å². The number of methoxy groups -OCH3 is 2. The summed E-state index contributed by atoms with van der Waals surface area (Å²) in [4.78, 5) is 2.51. The lowest BCUT2D eigenvalue weighted by atomic mass is 9.67. The molecule has 0 radical (unpaired) electrons. The summed E-state index contributed by atoms with van der Waals surface area (Å²) in [5.41, 5.74) is 1.70. The summed E-state index contributed by atoms with van der Waals surface area (Å²) in [7, 11) is 3.40. The fraction of sp³-hybridized carbons (Fsp3) is 0.684. The lowest BCUT2D eigenvalue weighted by Gasteiger charge is -2.55. The number of hydrogen-bond acceptors (Lipinski definition) is 5. The van der Waals surface area contributed by atoms with Crippen LogP contribution in [-0.2, 0) is 16.0 Å². The Kier molecular flexibility index (Phi) is 4.19. The Morgan fingerprint density at radius 1 is 1.00 bits per heavy atom. The molecule has 0 bridgehead atoms. The Morgan fingerprint density at radius 3 is 2.33 bits per heavy atom. The van der Waals surface area contributed by atoms with Crippen molar-refractivity contribution in [2.24, 2.45) is 5.41 Å². The lowest BCUT2D eigenvalue weighted by molar-refractivity contribution is -0.205. The third-order valence-corrected chi connectivity index (χ3v) is 5.89. The highest BCUT2D eigenvalue weighted by atomic mass is 16.7. The second-order valence-corrected chi connectivity index (χ2v) is 7.43. The molecule has 24 heavy (non-hydrogen) atoms. The summed E-state index contributed by atoms with van der Waals surface area (Å²) in [5, 5.41) is 0. The average molecular weight is 333 g/mol. The maximum atomic E-state index is 5.85. The van der Waals surface area contributed by atoms with Gasteiger partial charge in [0.1, 0.15) is 11.5 Å². The number of hydrogen-bond donors (Lipinski definition) is 0. The van der Waals surface area contributed by atoms with Gasteiger partial charge in [-0.3, -0.25) is 4.90 Å². The average Bonchev–Trinajstić information content (AvgIpc) is 3.04. The molecule has 2 heterocycles. The second-order valence-electron chi connectivity index (χ2n) is 7.43. The van der Waals surface area contributed by atoms with Crippen molar-refractivity contribution >= 4 is 0 Å². The minimum Gasteiger partial charge on any atom is -0.497 e. The third kappa shape index (κ3) is 2.89. The van der Waals surface area contributed by atoms with Crippen LogP contribution < -0.4 is 9.47 Å². The third-order valence-electron chi connectivity index (χ3n) is 5.89. The minimum atomic E-state index is -0.245. The van der Waals surface area contributed by atoms with Gasteiger partial charge < -0.3 is 18.9 Å². The van der Waals surface area contributed by atoms with Gasteiger partial charge in [0.15, 0.2) is 5.79 Å². The normalized spacial score (nSPS) is 24.9. The topological polar surface area (TPSA) is 40.2 Å². The number of ether oxygens (including phenoxy) is 4. The van der Waals surface area contributed by atoms with Crippen LogP contribution in [0.3, 0.4) is 0 Å². The van der Waals surface area contributed by atoms with Crippen molar-refractivity contribution in [1.82, 2.24) is 4.90 Å². The van der Waals surface area contributed by atoms with Crippen LogP contribution in [0.2, 0.25) is 0 Å². The van der Waals surface area contributed by atoms with E-state index in [4.69, 9.17) is 18.9 Å². The zero-order chi connectivity index (χ0) is 16.6. The Bertz CT molecular complexity index is 579. The first-order valence-electron chi connectivity index (χ1n) is 8.87. The van der Waals surface area contributed by atoms with Crippen molar-refractivity contribution < 1.29 is 18.9 Å². The Balaban J connectivity index is 1.33. The molecule has 1 saturated carbocycles. The van der Waals surface area contributed by atoms with E-state index in [2.05, 4.69) is 11.0 Å². The van der Waals surface area contributed by atoms with Gasteiger partial charge in [0.05, 0.1) is 27.4 Å². The Hall–Kier alpha value is -1.30. The number of likely N-dealkylation sites (tertiary alicyclic amines) is 1. The second kappa shape index (κ2) is 6.21. The first kappa shape index (κ1) is 16.2. The van der Waals surface area contributed by atoms with Gasteiger partial charge in [0, 0.05) is 44.1 Å². The van der Waals surface area contributed by atoms with Crippen LogP contribution in [0, 0.1) is 5.41 Å². The summed E-state index contributed by atoms with van der Waals surface area (Å²) in [6.45, 7) is 4.79. The minimum absolute atomic E-state index is 0.245. The molecule has 0 unspecified atom stereocenters. The maximum Gasteiger partial charge on any atom is 0.168 e. The van der Waals surface area contributed by atoms with Crippen LogP contribution in [0.15, 0.2) is 18.2 Å². The predicted molar refractivity (Wildman–Crippen MR) is 90.4 cm³/mol. The summed E-state index contributed by atoms with van der Waals surface area (Å²) >= 11 is 0. The highest BCUT2D eigenvalue weighted by Crippen LogP contribution is 2.49. The van der Waals surface area contributed by atoms with Crippen LogP contribution >= 0.6 is 0 Å². The highest BCUT2D eigenvalue weighted by molar-refractivity contribution is 5.40. The molecule has 2 spiro atoms. The van der Waals surface area contributed by atoms with E-state index in [0.29, 0.717) is 5.41 Å². The first-order valence-corrected chi connectivity index (χ1v) is 8.87. The van der Waals surface area contributed by atoms with Gasteiger partial charge >= 0.3 is 0 Å². The molecule has 2 saturated heterocycles. The largest absolute Gasteiger partial charge is 0.497 e. The summed E-state index contributed by atoms with van der Waals surface area (Å²) in [5.74, 6) is 1.50. The van der Waals surface area contributed by atoms with Crippen LogP contribution in [0.1, 0.15) is 31.2 Å². The monoisotopic (exact) mass is 333 g/mol. The summed E-state index contributed by atoms with van der Waals surface area (Å²) in [6, 6.07) is 6.08. The molecule has 3 aliphatic rings. The quantitative estimate of drug-likeness (QED) is 0.847. The van der Waals surface area contributed by atoms with Crippen LogP contribution in [-0.4, -0.2) is 51.2 Å². The smallest absolute Gasteiger partial charge is 0.168 e. The van der Waals surface area contributed by atoms with Gasteiger partial charge in [-0.15, -0.1) is 0 Å². The van der Waals surface area contributed by atoms with E-state index < -0.39 is 0 Å². The maximum absolute atomic E-state index is 5.85. The van der Waals surface area contributed by atoms with Gasteiger partial charge in [0.2, 0.25) is 0 Å². The molecule has 1 aliphatic carbocycles. The molecule has 0 aromatic heterocycles. The molecule has 5 nitrogen and oxygen atoms in total. The zero-order valence-electron chi connectivity index (χ0n) is 14.7. The van der Waals surface area contributed by atoms with Crippen molar-refractivity contribution in [1.29, 1.82) is 0 Å². The van der Waals surface area contributed by atoms with Gasteiger partial charge in [-0.2, -0.15) is 0 Å². The molecule has 1 aromatic rings. The number of nitrogens with zero attached hydrogens (tertiary/aromatic N) is 1. The molecule has 3 fully saturated rings. The summed E-state index contributed by atoms with van der Waals surface area (Å²) < 4.78 is 22.5. The molecular weight excluding hydrogens is 306 g/mol. The van der Waals surface area contributed by atoms with E-state index in [9.17, 15) is 0 Å². The summed E-state index contributed by atoms with van der Waals surface area (Å²) in [6.07, 6.45) is 4.52. The Morgan fingerprint density at radius 2 is 1.71 bits per heavy atom. The zero-order valence-corrected chi connectivity index (χ0v) is 14.7.